The van der Waals surface area contributed by atoms with Crippen LogP contribution in [0, 0.1) is 0 Å². The van der Waals surface area contributed by atoms with Gasteiger partial charge in [-0.1, -0.05) is 151 Å². The second-order valence-corrected chi connectivity index (χ2v) is 11.0. The standard InChI is InChI=1S/C38H62O4/c1-3-5-7-9-11-13-15-16-17-18-19-20-21-22-24-26-28-30-32-34-38(41)42-36(35-37(39)40)33-31-29-27-25-23-14-12-10-8-6-4-2/h5,7,11,13,16-17,19-20,22,24,28,30,36H,3-4,6,8-10,12,14-15,18,21,23,25-27,29,31-35H2,1-2H3,(H,39,40)/b7-5-,13-11-,17-16-,20-19-,24-22-,30-28-. The zero-order valence-corrected chi connectivity index (χ0v) is 27.0. The highest BCUT2D eigenvalue weighted by Gasteiger charge is 2.17. The quantitative estimate of drug-likeness (QED) is 0.0541. The maximum absolute atomic E-state index is 12.2. The summed E-state index contributed by atoms with van der Waals surface area (Å²) in [5.41, 5.74) is 0. The third-order valence-electron chi connectivity index (χ3n) is 6.94. The summed E-state index contributed by atoms with van der Waals surface area (Å²) in [4.78, 5) is 23.5. The van der Waals surface area contributed by atoms with Crippen molar-refractivity contribution in [1.29, 1.82) is 0 Å². The summed E-state index contributed by atoms with van der Waals surface area (Å²) in [6.45, 7) is 4.39. The van der Waals surface area contributed by atoms with Crippen LogP contribution in [0.3, 0.4) is 0 Å². The lowest BCUT2D eigenvalue weighted by Gasteiger charge is -2.16. The van der Waals surface area contributed by atoms with Crippen LogP contribution in [0.4, 0.5) is 0 Å². The number of ether oxygens (including phenoxy) is 1. The molecule has 0 aliphatic heterocycles. The van der Waals surface area contributed by atoms with Crippen molar-refractivity contribution in [3.05, 3.63) is 72.9 Å². The van der Waals surface area contributed by atoms with Gasteiger partial charge in [-0.05, 0) is 57.8 Å². The molecule has 0 fully saturated rings. The Kier molecular flexibility index (Phi) is 30.8. The third kappa shape index (κ3) is 31.9. The number of carboxylic acid groups (broad SMARTS) is 1. The molecule has 0 aromatic heterocycles. The van der Waals surface area contributed by atoms with E-state index in [2.05, 4.69) is 80.7 Å². The number of hydrogen-bond acceptors (Lipinski definition) is 3. The maximum atomic E-state index is 12.2. The second kappa shape index (κ2) is 32.9. The van der Waals surface area contributed by atoms with E-state index in [9.17, 15) is 14.7 Å². The summed E-state index contributed by atoms with van der Waals surface area (Å²) < 4.78 is 5.50. The van der Waals surface area contributed by atoms with Crippen molar-refractivity contribution in [3.63, 3.8) is 0 Å². The first-order chi connectivity index (χ1) is 20.6. The molecule has 42 heavy (non-hydrogen) atoms. The molecule has 0 aromatic carbocycles. The van der Waals surface area contributed by atoms with Gasteiger partial charge < -0.3 is 9.84 Å². The maximum Gasteiger partial charge on any atom is 0.307 e. The number of carboxylic acids is 1. The van der Waals surface area contributed by atoms with Crippen molar-refractivity contribution in [2.75, 3.05) is 0 Å². The highest BCUT2D eigenvalue weighted by atomic mass is 16.5. The topological polar surface area (TPSA) is 63.6 Å². The minimum atomic E-state index is -0.909. The van der Waals surface area contributed by atoms with E-state index in [1.165, 1.54) is 57.8 Å². The fourth-order valence-electron chi connectivity index (χ4n) is 4.52. The Labute approximate surface area is 258 Å². The van der Waals surface area contributed by atoms with Crippen LogP contribution in [0.15, 0.2) is 72.9 Å². The number of hydrogen-bond donors (Lipinski definition) is 1. The van der Waals surface area contributed by atoms with Gasteiger partial charge in [0.05, 0.1) is 6.42 Å². The van der Waals surface area contributed by atoms with Crippen LogP contribution in [0.1, 0.15) is 149 Å². The van der Waals surface area contributed by atoms with Crippen LogP contribution >= 0.6 is 0 Å². The highest BCUT2D eigenvalue weighted by Crippen LogP contribution is 2.15. The predicted molar refractivity (Wildman–Crippen MR) is 181 cm³/mol. The molecule has 0 saturated carbocycles. The van der Waals surface area contributed by atoms with Crippen LogP contribution in [0.2, 0.25) is 0 Å². The normalized spacial score (nSPS) is 13.2. The van der Waals surface area contributed by atoms with Gasteiger partial charge in [0, 0.05) is 6.42 Å². The molecule has 0 radical (unpaired) electrons. The van der Waals surface area contributed by atoms with Gasteiger partial charge in [-0.25, -0.2) is 0 Å². The lowest BCUT2D eigenvalue weighted by Crippen LogP contribution is -2.21. The number of allylic oxidation sites excluding steroid dienone is 12. The second-order valence-electron chi connectivity index (χ2n) is 11.0. The molecule has 0 aliphatic rings. The van der Waals surface area contributed by atoms with Crippen molar-refractivity contribution in [2.45, 2.75) is 155 Å². The van der Waals surface area contributed by atoms with Crippen LogP contribution < -0.4 is 0 Å². The summed E-state index contributed by atoms with van der Waals surface area (Å²) in [5, 5.41) is 9.20. The van der Waals surface area contributed by atoms with Crippen molar-refractivity contribution < 1.29 is 19.4 Å². The first kappa shape index (κ1) is 39.4. The molecule has 0 aromatic rings. The van der Waals surface area contributed by atoms with Gasteiger partial charge in [0.2, 0.25) is 0 Å². The molecule has 0 spiro atoms. The Morgan fingerprint density at radius 1 is 0.571 bits per heavy atom. The lowest BCUT2D eigenvalue weighted by molar-refractivity contribution is -0.153. The molecule has 1 unspecified atom stereocenters. The van der Waals surface area contributed by atoms with E-state index >= 15 is 0 Å². The molecule has 1 atom stereocenters. The fourth-order valence-corrected chi connectivity index (χ4v) is 4.52. The molecular weight excluding hydrogens is 520 g/mol. The number of rotatable bonds is 29. The van der Waals surface area contributed by atoms with Crippen molar-refractivity contribution in [3.8, 4) is 0 Å². The van der Waals surface area contributed by atoms with Crippen LogP contribution in [0.5, 0.6) is 0 Å². The van der Waals surface area contributed by atoms with Crippen molar-refractivity contribution in [2.24, 2.45) is 0 Å². The molecule has 0 rings (SSSR count). The Morgan fingerprint density at radius 3 is 1.40 bits per heavy atom. The highest BCUT2D eigenvalue weighted by molar-refractivity contribution is 5.71. The first-order valence-electron chi connectivity index (χ1n) is 16.9. The zero-order valence-electron chi connectivity index (χ0n) is 27.0. The molecule has 0 amide bonds. The molecular formula is C38H62O4. The van der Waals surface area contributed by atoms with Crippen molar-refractivity contribution in [1.82, 2.24) is 0 Å². The van der Waals surface area contributed by atoms with E-state index in [1.54, 1.807) is 0 Å². The molecule has 4 nitrogen and oxygen atoms in total. The summed E-state index contributed by atoms with van der Waals surface area (Å²) in [7, 11) is 0. The number of unbranched alkanes of at least 4 members (excludes halogenated alkanes) is 10. The average Bonchev–Trinajstić information content (AvgIpc) is 2.96. The van der Waals surface area contributed by atoms with Gasteiger partial charge >= 0.3 is 11.9 Å². The summed E-state index contributed by atoms with van der Waals surface area (Å²) in [5.74, 6) is -1.21. The Morgan fingerprint density at radius 2 is 0.976 bits per heavy atom. The number of aliphatic carboxylic acids is 1. The molecule has 1 N–H and O–H groups in total. The van der Waals surface area contributed by atoms with E-state index in [4.69, 9.17) is 4.74 Å². The molecule has 0 aliphatic carbocycles. The van der Waals surface area contributed by atoms with E-state index < -0.39 is 12.1 Å². The van der Waals surface area contributed by atoms with Gasteiger partial charge in [-0.15, -0.1) is 0 Å². The minimum absolute atomic E-state index is 0.108. The van der Waals surface area contributed by atoms with Crippen LogP contribution in [-0.4, -0.2) is 23.1 Å². The van der Waals surface area contributed by atoms with Crippen molar-refractivity contribution >= 4 is 11.9 Å². The smallest absolute Gasteiger partial charge is 0.307 e. The number of esters is 1. The van der Waals surface area contributed by atoms with Gasteiger partial charge in [0.25, 0.3) is 0 Å². The molecule has 4 heteroatoms. The van der Waals surface area contributed by atoms with Gasteiger partial charge in [0.1, 0.15) is 6.10 Å². The summed E-state index contributed by atoms with van der Waals surface area (Å²) in [6, 6.07) is 0. The number of carbonyl (C=O) groups excluding carboxylic acids is 1. The molecule has 0 saturated heterocycles. The SMILES string of the molecule is CC/C=C\C/C=C\C/C=C\C/C=C\C/C=C\C/C=C\CCC(=O)OC(CCCCCCCCCCCCC)CC(=O)O. The van der Waals surface area contributed by atoms with Crippen LogP contribution in [0.25, 0.3) is 0 Å². The monoisotopic (exact) mass is 582 g/mol. The Bertz CT molecular complexity index is 800. The summed E-state index contributed by atoms with van der Waals surface area (Å²) in [6.07, 6.45) is 46.3. The minimum Gasteiger partial charge on any atom is -0.481 e. The average molecular weight is 583 g/mol. The van der Waals surface area contributed by atoms with Gasteiger partial charge in [0.15, 0.2) is 0 Å². The third-order valence-corrected chi connectivity index (χ3v) is 6.94. The lowest BCUT2D eigenvalue weighted by atomic mass is 10.0. The predicted octanol–water partition coefficient (Wildman–Crippen LogP) is 11.6. The summed E-state index contributed by atoms with van der Waals surface area (Å²) >= 11 is 0. The Hall–Kier alpha value is -2.62. The largest absolute Gasteiger partial charge is 0.481 e. The van der Waals surface area contributed by atoms with Gasteiger partial charge in [-0.3, -0.25) is 9.59 Å². The van der Waals surface area contributed by atoms with Gasteiger partial charge in [-0.2, -0.15) is 0 Å². The molecule has 0 bridgehead atoms. The zero-order chi connectivity index (χ0) is 30.8. The van der Waals surface area contributed by atoms with E-state index in [-0.39, 0.29) is 18.8 Å². The first-order valence-corrected chi connectivity index (χ1v) is 16.9. The van der Waals surface area contributed by atoms with E-state index in [0.29, 0.717) is 12.8 Å². The molecule has 0 heterocycles. The fraction of sp³-hybridized carbons (Fsp3) is 0.632. The molecule has 238 valence electrons. The van der Waals surface area contributed by atoms with E-state index in [1.807, 2.05) is 6.08 Å². The number of carbonyl (C=O) groups is 2. The van der Waals surface area contributed by atoms with E-state index in [0.717, 1.165) is 51.4 Å². The Balaban J connectivity index is 3.89. The van der Waals surface area contributed by atoms with Crippen LogP contribution in [-0.2, 0) is 14.3 Å².